The molecule has 2 nitrogen and oxygen atoms in total. The average Bonchev–Trinajstić information content (AvgIpc) is 2.26. The van der Waals surface area contributed by atoms with E-state index in [0.717, 1.165) is 34.9 Å². The number of benzene rings is 1. The molecular formula is C13H17Br2NO. The maximum absolute atomic E-state index is 5.54. The first-order valence-corrected chi connectivity index (χ1v) is 7.56. The number of nitrogens with one attached hydrogen (secondary N) is 1. The van der Waals surface area contributed by atoms with Gasteiger partial charge in [0.05, 0.1) is 6.10 Å². The number of ether oxygens (including phenoxy) is 1. The summed E-state index contributed by atoms with van der Waals surface area (Å²) in [7, 11) is 0. The van der Waals surface area contributed by atoms with Crippen LogP contribution in [0.15, 0.2) is 27.1 Å². The van der Waals surface area contributed by atoms with Gasteiger partial charge in [-0.05, 0) is 69.3 Å². The van der Waals surface area contributed by atoms with E-state index in [0.29, 0.717) is 12.1 Å². The smallest absolute Gasteiger partial charge is 0.0604 e. The summed E-state index contributed by atoms with van der Waals surface area (Å²) in [5, 5.41) is 3.55. The fourth-order valence-electron chi connectivity index (χ4n) is 2.02. The van der Waals surface area contributed by atoms with Crippen LogP contribution >= 0.6 is 31.9 Å². The molecule has 1 fully saturated rings. The van der Waals surface area contributed by atoms with Crippen LogP contribution in [-0.4, -0.2) is 18.8 Å². The molecule has 0 aromatic heterocycles. The zero-order valence-electron chi connectivity index (χ0n) is 9.88. The Bertz CT molecular complexity index is 378. The van der Waals surface area contributed by atoms with Crippen LogP contribution in [0.1, 0.15) is 25.3 Å². The van der Waals surface area contributed by atoms with Gasteiger partial charge in [0.1, 0.15) is 0 Å². The standard InChI is InChI=1S/C13H17Br2NO/c1-2-17-11-6-10(7-11)16-8-9-3-4-12(14)13(15)5-9/h3-5,10-11,16H,2,6-8H2,1H3. The predicted octanol–water partition coefficient (Wildman–Crippen LogP) is 3.87. The van der Waals surface area contributed by atoms with E-state index in [2.05, 4.69) is 62.3 Å². The number of rotatable bonds is 5. The molecule has 0 unspecified atom stereocenters. The minimum Gasteiger partial charge on any atom is -0.378 e. The minimum atomic E-state index is 0.481. The van der Waals surface area contributed by atoms with E-state index in [4.69, 9.17) is 4.74 Å². The molecule has 2 rings (SSSR count). The molecule has 1 aliphatic rings. The van der Waals surface area contributed by atoms with Crippen LogP contribution in [0.25, 0.3) is 0 Å². The van der Waals surface area contributed by atoms with Crippen LogP contribution < -0.4 is 5.32 Å². The van der Waals surface area contributed by atoms with Gasteiger partial charge in [-0.2, -0.15) is 0 Å². The molecule has 0 saturated heterocycles. The molecule has 4 heteroatoms. The van der Waals surface area contributed by atoms with E-state index in [1.165, 1.54) is 5.56 Å². The zero-order chi connectivity index (χ0) is 12.3. The molecule has 0 heterocycles. The van der Waals surface area contributed by atoms with Crippen molar-refractivity contribution in [1.82, 2.24) is 5.32 Å². The second-order valence-corrected chi connectivity index (χ2v) is 6.08. The third-order valence-corrected chi connectivity index (χ3v) is 4.96. The van der Waals surface area contributed by atoms with E-state index in [-0.39, 0.29) is 0 Å². The summed E-state index contributed by atoms with van der Waals surface area (Å²) in [6, 6.07) is 6.98. The first kappa shape index (κ1) is 13.5. The molecule has 0 aliphatic heterocycles. The summed E-state index contributed by atoms with van der Waals surface area (Å²) in [5.74, 6) is 0. The lowest BCUT2D eigenvalue weighted by Crippen LogP contribution is -2.45. The lowest BCUT2D eigenvalue weighted by molar-refractivity contribution is -0.0102. The van der Waals surface area contributed by atoms with Crippen LogP contribution in [0.5, 0.6) is 0 Å². The van der Waals surface area contributed by atoms with Crippen LogP contribution in [0.4, 0.5) is 0 Å². The highest BCUT2D eigenvalue weighted by molar-refractivity contribution is 9.13. The molecule has 1 aromatic carbocycles. The van der Waals surface area contributed by atoms with Crippen LogP contribution in [-0.2, 0) is 11.3 Å². The Balaban J connectivity index is 1.74. The molecule has 0 radical (unpaired) electrons. The van der Waals surface area contributed by atoms with Crippen molar-refractivity contribution in [2.45, 2.75) is 38.5 Å². The van der Waals surface area contributed by atoms with Gasteiger partial charge in [-0.3, -0.25) is 0 Å². The summed E-state index contributed by atoms with van der Waals surface area (Å²) < 4.78 is 7.75. The van der Waals surface area contributed by atoms with Gasteiger partial charge in [-0.25, -0.2) is 0 Å². The van der Waals surface area contributed by atoms with Gasteiger partial charge in [0.15, 0.2) is 0 Å². The minimum absolute atomic E-state index is 0.481. The summed E-state index contributed by atoms with van der Waals surface area (Å²) >= 11 is 7.00. The monoisotopic (exact) mass is 361 g/mol. The SMILES string of the molecule is CCOC1CC(NCc2ccc(Br)c(Br)c2)C1. The first-order chi connectivity index (χ1) is 8.19. The molecule has 0 spiro atoms. The molecule has 1 aliphatic carbocycles. The maximum Gasteiger partial charge on any atom is 0.0604 e. The third kappa shape index (κ3) is 3.78. The van der Waals surface area contributed by atoms with Crippen molar-refractivity contribution in [2.24, 2.45) is 0 Å². The summed E-state index contributed by atoms with van der Waals surface area (Å²) in [6.07, 6.45) is 2.77. The van der Waals surface area contributed by atoms with Crippen molar-refractivity contribution >= 4 is 31.9 Å². The molecule has 0 amide bonds. The molecule has 1 saturated carbocycles. The van der Waals surface area contributed by atoms with Crippen molar-refractivity contribution < 1.29 is 4.74 Å². The Morgan fingerprint density at radius 1 is 1.29 bits per heavy atom. The van der Waals surface area contributed by atoms with Crippen LogP contribution in [0.2, 0.25) is 0 Å². The van der Waals surface area contributed by atoms with E-state index in [1.807, 2.05) is 0 Å². The van der Waals surface area contributed by atoms with Gasteiger partial charge in [0.25, 0.3) is 0 Å². The zero-order valence-corrected chi connectivity index (χ0v) is 13.1. The topological polar surface area (TPSA) is 21.3 Å². The largest absolute Gasteiger partial charge is 0.378 e. The van der Waals surface area contributed by atoms with Crippen molar-refractivity contribution in [3.8, 4) is 0 Å². The molecule has 1 N–H and O–H groups in total. The Labute approximate surface area is 119 Å². The van der Waals surface area contributed by atoms with Gasteiger partial charge in [0.2, 0.25) is 0 Å². The number of hydrogen-bond donors (Lipinski definition) is 1. The Morgan fingerprint density at radius 3 is 2.71 bits per heavy atom. The van der Waals surface area contributed by atoms with Gasteiger partial charge in [-0.15, -0.1) is 0 Å². The van der Waals surface area contributed by atoms with Gasteiger partial charge in [-0.1, -0.05) is 6.07 Å². The molecule has 0 bridgehead atoms. The molecule has 0 atom stereocenters. The Hall–Kier alpha value is 0.1000. The maximum atomic E-state index is 5.54. The van der Waals surface area contributed by atoms with Gasteiger partial charge in [0, 0.05) is 28.1 Å². The van der Waals surface area contributed by atoms with Crippen molar-refractivity contribution in [3.63, 3.8) is 0 Å². The average molecular weight is 363 g/mol. The van der Waals surface area contributed by atoms with Crippen LogP contribution in [0, 0.1) is 0 Å². The molecule has 1 aromatic rings. The van der Waals surface area contributed by atoms with E-state index >= 15 is 0 Å². The van der Waals surface area contributed by atoms with Crippen molar-refractivity contribution in [2.75, 3.05) is 6.61 Å². The fourth-order valence-corrected chi connectivity index (χ4v) is 2.69. The van der Waals surface area contributed by atoms with Crippen LogP contribution in [0.3, 0.4) is 0 Å². The highest BCUT2D eigenvalue weighted by Gasteiger charge is 2.28. The van der Waals surface area contributed by atoms with Crippen molar-refractivity contribution in [1.29, 1.82) is 0 Å². The molecular weight excluding hydrogens is 346 g/mol. The highest BCUT2D eigenvalue weighted by Crippen LogP contribution is 2.25. The number of hydrogen-bond acceptors (Lipinski definition) is 2. The summed E-state index contributed by atoms with van der Waals surface area (Å²) in [5.41, 5.74) is 1.31. The first-order valence-electron chi connectivity index (χ1n) is 5.98. The van der Waals surface area contributed by atoms with E-state index < -0.39 is 0 Å². The second-order valence-electron chi connectivity index (χ2n) is 4.38. The highest BCUT2D eigenvalue weighted by atomic mass is 79.9. The number of halogens is 2. The van der Waals surface area contributed by atoms with Gasteiger partial charge >= 0.3 is 0 Å². The summed E-state index contributed by atoms with van der Waals surface area (Å²) in [4.78, 5) is 0. The third-order valence-electron chi connectivity index (χ3n) is 3.08. The Kier molecular flexibility index (Phi) is 5.03. The van der Waals surface area contributed by atoms with Crippen molar-refractivity contribution in [3.05, 3.63) is 32.7 Å². The normalized spacial score (nSPS) is 23.5. The molecule has 94 valence electrons. The fraction of sp³-hybridized carbons (Fsp3) is 0.538. The van der Waals surface area contributed by atoms with E-state index in [9.17, 15) is 0 Å². The lowest BCUT2D eigenvalue weighted by atomic mass is 9.89. The second kappa shape index (κ2) is 6.32. The predicted molar refractivity (Wildman–Crippen MR) is 77.1 cm³/mol. The van der Waals surface area contributed by atoms with Gasteiger partial charge < -0.3 is 10.1 Å². The Morgan fingerprint density at radius 2 is 2.06 bits per heavy atom. The quantitative estimate of drug-likeness (QED) is 0.858. The lowest BCUT2D eigenvalue weighted by Gasteiger charge is -2.35. The molecule has 17 heavy (non-hydrogen) atoms. The van der Waals surface area contributed by atoms with E-state index in [1.54, 1.807) is 0 Å². The summed E-state index contributed by atoms with van der Waals surface area (Å²) in [6.45, 7) is 3.81.